The fourth-order valence-corrected chi connectivity index (χ4v) is 13.3. The molecule has 0 radical (unpaired) electrons. The Labute approximate surface area is 553 Å². The lowest BCUT2D eigenvalue weighted by atomic mass is 9.71. The summed E-state index contributed by atoms with van der Waals surface area (Å²) >= 11 is 0. The number of para-hydroxylation sites is 2. The zero-order valence-electron chi connectivity index (χ0n) is 54.2. The van der Waals surface area contributed by atoms with Crippen LogP contribution in [0, 0.1) is 0 Å². The van der Waals surface area contributed by atoms with Crippen LogP contribution in [-0.2, 0) is 38.2 Å². The number of aromatic nitrogens is 6. The van der Waals surface area contributed by atoms with Crippen LogP contribution in [0.25, 0.3) is 79.2 Å². The third-order valence-corrected chi connectivity index (χ3v) is 18.0. The zero-order chi connectivity index (χ0) is 65.6. The number of nitrogens with two attached hydrogens (primary N) is 1. The summed E-state index contributed by atoms with van der Waals surface area (Å²) in [6.45, 7) is 11.3. The number of hydrogen-bond acceptors (Lipinski definition) is 12. The second-order valence-corrected chi connectivity index (χ2v) is 27.0. The third-order valence-electron chi connectivity index (χ3n) is 18.0. The van der Waals surface area contributed by atoms with Crippen LogP contribution in [0.5, 0.6) is 0 Å². The SMILES string of the molecule is CC(C)(C)OC(=O)NC1(c2ccc(-c3c(-c4cccc(CC(=O)Cc5ccccc5)c4)nc4n3-c3cccnc3Nc3ccccc3-4)cc2)CCC1.CC(C)(C)OC(=O)NC1(c2ccc(-c3c(-c4cccc(N)c4)nc4n3-c3cccnc3Nc3ccccc3-4)cc2)CCC1. The van der Waals surface area contributed by atoms with E-state index in [4.69, 9.17) is 35.1 Å². The maximum absolute atomic E-state index is 13.2. The van der Waals surface area contributed by atoms with Crippen molar-refractivity contribution in [2.24, 2.45) is 0 Å². The molecule has 15 rings (SSSR count). The first kappa shape index (κ1) is 61.4. The fraction of sp³-hybridized carbons (Fsp3) is 0.228. The molecule has 2 saturated carbocycles. The highest BCUT2D eigenvalue weighted by Gasteiger charge is 2.43. The van der Waals surface area contributed by atoms with Gasteiger partial charge in [0.25, 0.3) is 0 Å². The molecule has 0 atom stereocenters. The lowest BCUT2D eigenvalue weighted by Crippen LogP contribution is -2.52. The minimum absolute atomic E-state index is 0.157. The van der Waals surface area contributed by atoms with Crippen molar-refractivity contribution in [3.63, 3.8) is 0 Å². The van der Waals surface area contributed by atoms with E-state index in [1.807, 2.05) is 157 Å². The zero-order valence-corrected chi connectivity index (χ0v) is 54.2. The van der Waals surface area contributed by atoms with Crippen LogP contribution >= 0.6 is 0 Å². The molecule has 2 aliphatic heterocycles. The summed E-state index contributed by atoms with van der Waals surface area (Å²) in [4.78, 5) is 59.0. The molecule has 0 spiro atoms. The number of nitrogen functional groups attached to an aromatic ring is 1. The summed E-state index contributed by atoms with van der Waals surface area (Å²) in [6, 6.07) is 67.1. The molecule has 16 nitrogen and oxygen atoms in total. The number of ether oxygens (including phenoxy) is 2. The maximum Gasteiger partial charge on any atom is 0.408 e. The van der Waals surface area contributed by atoms with E-state index in [1.54, 1.807) is 12.4 Å². The van der Waals surface area contributed by atoms with Gasteiger partial charge in [0.15, 0.2) is 11.6 Å². The van der Waals surface area contributed by atoms with Gasteiger partial charge < -0.3 is 36.5 Å². The largest absolute Gasteiger partial charge is 0.444 e. The second kappa shape index (κ2) is 24.7. The molecular formula is C79H75N11O5. The van der Waals surface area contributed by atoms with E-state index in [0.717, 1.165) is 163 Å². The van der Waals surface area contributed by atoms with Crippen molar-refractivity contribution < 1.29 is 23.9 Å². The number of pyridine rings is 2. The van der Waals surface area contributed by atoms with Crippen molar-refractivity contribution in [3.8, 4) is 79.2 Å². The molecule has 0 saturated heterocycles. The molecule has 2 amide bonds. The Hall–Kier alpha value is -11.1. The Balaban J connectivity index is 0.000000167. The second-order valence-electron chi connectivity index (χ2n) is 27.0. The number of carbonyl (C=O) groups is 3. The first-order valence-corrected chi connectivity index (χ1v) is 32.5. The molecule has 7 aromatic carbocycles. The average molecular weight is 1260 g/mol. The van der Waals surface area contributed by atoms with Crippen molar-refractivity contribution in [1.29, 1.82) is 0 Å². The highest BCUT2D eigenvalue weighted by Crippen LogP contribution is 2.49. The van der Waals surface area contributed by atoms with E-state index in [9.17, 15) is 14.4 Å². The Morgan fingerprint density at radius 3 is 1.37 bits per heavy atom. The number of fused-ring (bicyclic) bond motifs is 10. The highest BCUT2D eigenvalue weighted by atomic mass is 16.6. The van der Waals surface area contributed by atoms with E-state index < -0.39 is 34.5 Å². The van der Waals surface area contributed by atoms with E-state index >= 15 is 0 Å². The topological polar surface area (TPSA) is 205 Å². The summed E-state index contributed by atoms with van der Waals surface area (Å²) in [7, 11) is 0. The molecule has 2 fully saturated rings. The molecule has 4 aliphatic rings. The number of benzene rings is 7. The summed E-state index contributed by atoms with van der Waals surface area (Å²) in [6.07, 6.45) is 8.98. The Kier molecular flexibility index (Phi) is 16.0. The van der Waals surface area contributed by atoms with Gasteiger partial charge in [-0.05, 0) is 169 Å². The van der Waals surface area contributed by atoms with Crippen LogP contribution in [0.3, 0.4) is 0 Å². The molecule has 16 heteroatoms. The van der Waals surface area contributed by atoms with Gasteiger partial charge in [-0.1, -0.05) is 133 Å². The first-order chi connectivity index (χ1) is 45.9. The number of ketones is 1. The number of anilines is 5. The lowest BCUT2D eigenvalue weighted by molar-refractivity contribution is -0.117. The molecule has 95 heavy (non-hydrogen) atoms. The van der Waals surface area contributed by atoms with Crippen LogP contribution in [0.1, 0.15) is 102 Å². The van der Waals surface area contributed by atoms with Gasteiger partial charge in [-0.15, -0.1) is 0 Å². The molecular weight excluding hydrogens is 1180 g/mol. The van der Waals surface area contributed by atoms with Gasteiger partial charge in [-0.25, -0.2) is 29.5 Å². The summed E-state index contributed by atoms with van der Waals surface area (Å²) in [5, 5.41) is 13.4. The van der Waals surface area contributed by atoms with Gasteiger partial charge in [-0.3, -0.25) is 13.9 Å². The maximum atomic E-state index is 13.2. The predicted octanol–water partition coefficient (Wildman–Crippen LogP) is 17.4. The number of Topliss-reactive ketones (excluding diaryl/α,β-unsaturated/α-hetero) is 1. The van der Waals surface area contributed by atoms with Crippen LogP contribution in [0.4, 0.5) is 38.3 Å². The van der Waals surface area contributed by atoms with Crippen molar-refractivity contribution >= 4 is 46.7 Å². The van der Waals surface area contributed by atoms with Crippen LogP contribution < -0.4 is 27.0 Å². The monoisotopic (exact) mass is 1260 g/mol. The van der Waals surface area contributed by atoms with Crippen molar-refractivity contribution in [2.45, 2.75) is 115 Å². The van der Waals surface area contributed by atoms with Gasteiger partial charge in [0.2, 0.25) is 0 Å². The van der Waals surface area contributed by atoms with E-state index in [-0.39, 0.29) is 5.78 Å². The van der Waals surface area contributed by atoms with E-state index in [0.29, 0.717) is 18.5 Å². The smallest absolute Gasteiger partial charge is 0.408 e. The van der Waals surface area contributed by atoms with Crippen LogP contribution in [0.15, 0.2) is 213 Å². The summed E-state index contributed by atoms with van der Waals surface area (Å²) < 4.78 is 15.6. The molecule has 6 heterocycles. The minimum atomic E-state index is -0.583. The number of carbonyl (C=O) groups excluding carboxylic acids is 3. The minimum Gasteiger partial charge on any atom is -0.444 e. The molecule has 0 bridgehead atoms. The van der Waals surface area contributed by atoms with E-state index in [1.165, 1.54) is 0 Å². The molecule has 0 unspecified atom stereocenters. The molecule has 6 N–H and O–H groups in total. The number of rotatable bonds is 12. The van der Waals surface area contributed by atoms with Crippen LogP contribution in [-0.4, -0.2) is 58.2 Å². The van der Waals surface area contributed by atoms with Gasteiger partial charge in [0, 0.05) is 64.3 Å². The Morgan fingerprint density at radius 1 is 0.484 bits per heavy atom. The molecule has 476 valence electrons. The van der Waals surface area contributed by atoms with Gasteiger partial charge in [0.05, 0.1) is 56.6 Å². The number of imidazole rings is 2. The molecule has 2 aliphatic carbocycles. The molecule has 4 aromatic heterocycles. The summed E-state index contributed by atoms with van der Waals surface area (Å²) in [5.41, 5.74) is 21.7. The third kappa shape index (κ3) is 12.4. The highest BCUT2D eigenvalue weighted by molar-refractivity contribution is 5.93. The lowest BCUT2D eigenvalue weighted by Gasteiger charge is -2.43. The number of nitrogens with zero attached hydrogens (tertiary/aromatic N) is 6. The number of nitrogens with one attached hydrogen (secondary N) is 4. The van der Waals surface area contributed by atoms with Gasteiger partial charge in [-0.2, -0.15) is 0 Å². The number of amides is 2. The van der Waals surface area contributed by atoms with Crippen molar-refractivity contribution in [1.82, 2.24) is 39.7 Å². The first-order valence-electron chi connectivity index (χ1n) is 32.5. The number of hydrogen-bond donors (Lipinski definition) is 5. The normalized spacial score (nSPS) is 14.3. The Morgan fingerprint density at radius 2 is 0.916 bits per heavy atom. The predicted molar refractivity (Wildman–Crippen MR) is 375 cm³/mol. The summed E-state index contributed by atoms with van der Waals surface area (Å²) in [5.74, 6) is 3.23. The average Bonchev–Trinajstić information content (AvgIpc) is 1.61. The quantitative estimate of drug-likeness (QED) is 0.0725. The van der Waals surface area contributed by atoms with Crippen molar-refractivity contribution in [2.75, 3.05) is 16.4 Å². The van der Waals surface area contributed by atoms with Crippen molar-refractivity contribution in [3.05, 3.63) is 235 Å². The van der Waals surface area contributed by atoms with E-state index in [2.05, 4.69) is 115 Å². The molecule has 11 aromatic rings. The standard InChI is InChI=1S/C44H41N5O3.C35H34N6O2/c1-43(2,3)52-42(51)48-44(23-11-24-44)33-21-19-31(20-22-33)39-38(32-15-9-14-30(26-32)28-34(50)27-29-12-5-4-6-13-29)47-41-35-16-7-8-17-36(35)46-40-37(49(39)41)18-10-25-45-40;1-34(2,3)43-33(42)40-35(18-8-19-35)24-16-14-22(15-17-24)30-29(23-9-6-10-25(36)21-23)39-32-26-11-4-5-12-27(26)38-31-28(41(30)32)13-7-20-37-31/h4-10,12-22,25-26H,11,23-24,27-28H2,1-3H3,(H,45,46)(H,48,51);4-7,9-17,20-21H,8,18-19,36H2,1-3H3,(H,37,38)(H,40,42). The number of alkyl carbamates (subject to hydrolysis) is 2. The van der Waals surface area contributed by atoms with Crippen LogP contribution in [0.2, 0.25) is 0 Å². The Bertz CT molecular complexity index is 4720. The fourth-order valence-electron chi connectivity index (χ4n) is 13.3. The van der Waals surface area contributed by atoms with Gasteiger partial charge in [0.1, 0.15) is 28.6 Å². The van der Waals surface area contributed by atoms with Gasteiger partial charge >= 0.3 is 12.2 Å².